The van der Waals surface area contributed by atoms with Gasteiger partial charge in [-0.05, 0) is 67.8 Å². The second kappa shape index (κ2) is 9.33. The van der Waals surface area contributed by atoms with E-state index in [1.54, 1.807) is 37.5 Å². The van der Waals surface area contributed by atoms with Gasteiger partial charge in [0.25, 0.3) is 0 Å². The molecule has 0 saturated carbocycles. The molecule has 3 aromatic carbocycles. The van der Waals surface area contributed by atoms with E-state index in [-0.39, 0.29) is 17.2 Å². The molecule has 0 aliphatic carbocycles. The highest BCUT2D eigenvalue weighted by Gasteiger charge is 2.28. The lowest BCUT2D eigenvalue weighted by Crippen LogP contribution is -2.43. The molecule has 1 amide bonds. The van der Waals surface area contributed by atoms with E-state index in [2.05, 4.69) is 30.5 Å². The maximum Gasteiger partial charge on any atom is 0.228 e. The van der Waals surface area contributed by atoms with Crippen LogP contribution in [-0.4, -0.2) is 24.3 Å². The molecule has 0 fully saturated rings. The van der Waals surface area contributed by atoms with Gasteiger partial charge >= 0.3 is 0 Å². The predicted molar refractivity (Wildman–Crippen MR) is 131 cm³/mol. The third kappa shape index (κ3) is 5.50. The van der Waals surface area contributed by atoms with Crippen LogP contribution in [-0.2, 0) is 17.6 Å². The fraction of sp³-hybridized carbons (Fsp3) is 0.214. The Bertz CT molecular complexity index is 1200. The van der Waals surface area contributed by atoms with E-state index in [0.717, 1.165) is 29.0 Å². The summed E-state index contributed by atoms with van der Waals surface area (Å²) in [6, 6.07) is 22.5. The van der Waals surface area contributed by atoms with Crippen molar-refractivity contribution in [3.05, 3.63) is 101 Å². The maximum atomic E-state index is 13.0. The standard InChI is InChI=1S/C28H28N2O3/c1-28(2)18-21-11-14-23(33-3)16-24(21)25(30-28)17-26(31)20-9-12-22(13-10-20)29-27(32)15-19-7-5-4-6-8-19/h4-14,16-17,30H,15,18H2,1-3H3,(H,29,32). The van der Waals surface area contributed by atoms with Gasteiger partial charge in [0, 0.05) is 34.1 Å². The second-order valence-electron chi connectivity index (χ2n) is 8.92. The first-order chi connectivity index (χ1) is 15.8. The summed E-state index contributed by atoms with van der Waals surface area (Å²) in [7, 11) is 1.64. The number of ketones is 1. The molecule has 1 heterocycles. The normalized spacial score (nSPS) is 15.3. The molecule has 5 heteroatoms. The Morgan fingerprint density at radius 1 is 1.03 bits per heavy atom. The first-order valence-electron chi connectivity index (χ1n) is 11.0. The van der Waals surface area contributed by atoms with Crippen molar-refractivity contribution in [2.24, 2.45) is 0 Å². The van der Waals surface area contributed by atoms with Crippen molar-refractivity contribution in [2.75, 3.05) is 12.4 Å². The number of fused-ring (bicyclic) bond motifs is 1. The molecule has 3 aromatic rings. The SMILES string of the molecule is COc1ccc2c(c1)C(=CC(=O)c1ccc(NC(=O)Cc3ccccc3)cc1)NC(C)(C)C2. The van der Waals surface area contributed by atoms with Crippen LogP contribution in [0.5, 0.6) is 5.75 Å². The van der Waals surface area contributed by atoms with Crippen LogP contribution >= 0.6 is 0 Å². The fourth-order valence-electron chi connectivity index (χ4n) is 4.07. The van der Waals surface area contributed by atoms with E-state index in [9.17, 15) is 9.59 Å². The monoisotopic (exact) mass is 440 g/mol. The van der Waals surface area contributed by atoms with Gasteiger partial charge in [-0.1, -0.05) is 36.4 Å². The largest absolute Gasteiger partial charge is 0.497 e. The second-order valence-corrected chi connectivity index (χ2v) is 8.92. The van der Waals surface area contributed by atoms with Crippen molar-refractivity contribution in [1.82, 2.24) is 5.32 Å². The van der Waals surface area contributed by atoms with Crippen molar-refractivity contribution in [3.63, 3.8) is 0 Å². The molecule has 0 radical (unpaired) electrons. The van der Waals surface area contributed by atoms with Crippen LogP contribution in [0.4, 0.5) is 5.69 Å². The topological polar surface area (TPSA) is 67.4 Å². The predicted octanol–water partition coefficient (Wildman–Crippen LogP) is 5.02. The lowest BCUT2D eigenvalue weighted by molar-refractivity contribution is -0.115. The summed E-state index contributed by atoms with van der Waals surface area (Å²) >= 11 is 0. The number of ether oxygens (including phenoxy) is 1. The van der Waals surface area contributed by atoms with E-state index in [0.29, 0.717) is 17.7 Å². The van der Waals surface area contributed by atoms with E-state index >= 15 is 0 Å². The molecule has 0 aromatic heterocycles. The van der Waals surface area contributed by atoms with Gasteiger partial charge in [0.2, 0.25) is 5.91 Å². The van der Waals surface area contributed by atoms with Crippen molar-refractivity contribution in [1.29, 1.82) is 0 Å². The fourth-order valence-corrected chi connectivity index (χ4v) is 4.07. The average molecular weight is 441 g/mol. The molecule has 168 valence electrons. The van der Waals surface area contributed by atoms with Gasteiger partial charge in [0.05, 0.1) is 13.5 Å². The third-order valence-corrected chi connectivity index (χ3v) is 5.65. The lowest BCUT2D eigenvalue weighted by Gasteiger charge is -2.35. The minimum Gasteiger partial charge on any atom is -0.497 e. The van der Waals surface area contributed by atoms with Gasteiger partial charge in [-0.25, -0.2) is 0 Å². The Morgan fingerprint density at radius 2 is 1.76 bits per heavy atom. The Labute approximate surface area is 194 Å². The number of carbonyl (C=O) groups excluding carboxylic acids is 2. The van der Waals surface area contributed by atoms with Crippen molar-refractivity contribution < 1.29 is 14.3 Å². The smallest absolute Gasteiger partial charge is 0.228 e. The van der Waals surface area contributed by atoms with E-state index in [4.69, 9.17) is 4.74 Å². The molecule has 5 nitrogen and oxygen atoms in total. The first kappa shape index (κ1) is 22.3. The summed E-state index contributed by atoms with van der Waals surface area (Å²) in [6.07, 6.45) is 2.80. The van der Waals surface area contributed by atoms with E-state index in [1.165, 1.54) is 5.56 Å². The zero-order valence-corrected chi connectivity index (χ0v) is 19.1. The average Bonchev–Trinajstić information content (AvgIpc) is 2.79. The summed E-state index contributed by atoms with van der Waals surface area (Å²) < 4.78 is 5.38. The van der Waals surface area contributed by atoms with Crippen LogP contribution < -0.4 is 15.4 Å². The summed E-state index contributed by atoms with van der Waals surface area (Å²) in [5.74, 6) is 0.553. The molecule has 33 heavy (non-hydrogen) atoms. The Hall–Kier alpha value is -3.86. The molecule has 1 aliphatic heterocycles. The maximum absolute atomic E-state index is 13.0. The molecule has 4 rings (SSSR count). The minimum atomic E-state index is -0.166. The molecule has 0 spiro atoms. The molecule has 0 unspecified atom stereocenters. The summed E-state index contributed by atoms with van der Waals surface area (Å²) in [5.41, 5.74) is 4.94. The highest BCUT2D eigenvalue weighted by Crippen LogP contribution is 2.32. The molecular formula is C28H28N2O3. The van der Waals surface area contributed by atoms with E-state index in [1.807, 2.05) is 42.5 Å². The zero-order valence-electron chi connectivity index (χ0n) is 19.1. The lowest BCUT2D eigenvalue weighted by atomic mass is 9.85. The van der Waals surface area contributed by atoms with Gasteiger partial charge in [-0.3, -0.25) is 9.59 Å². The number of rotatable bonds is 6. The molecule has 0 atom stereocenters. The number of hydrogen-bond acceptors (Lipinski definition) is 4. The number of hydrogen-bond donors (Lipinski definition) is 2. The number of carbonyl (C=O) groups is 2. The molecule has 2 N–H and O–H groups in total. The molecule has 0 saturated heterocycles. The summed E-state index contributed by atoms with van der Waals surface area (Å²) in [5, 5.41) is 6.37. The van der Waals surface area contributed by atoms with Crippen molar-refractivity contribution >= 4 is 23.1 Å². The van der Waals surface area contributed by atoms with Gasteiger partial charge in [0.15, 0.2) is 5.78 Å². The van der Waals surface area contributed by atoms with Gasteiger partial charge in [-0.15, -0.1) is 0 Å². The Kier molecular flexibility index (Phi) is 6.31. The highest BCUT2D eigenvalue weighted by atomic mass is 16.5. The Balaban J connectivity index is 1.50. The Morgan fingerprint density at radius 3 is 2.45 bits per heavy atom. The number of allylic oxidation sites excluding steroid dienone is 1. The van der Waals surface area contributed by atoms with Crippen LogP contribution in [0.25, 0.3) is 5.70 Å². The number of methoxy groups -OCH3 is 1. The van der Waals surface area contributed by atoms with Crippen molar-refractivity contribution in [2.45, 2.75) is 32.2 Å². The van der Waals surface area contributed by atoms with Crippen molar-refractivity contribution in [3.8, 4) is 5.75 Å². The van der Waals surface area contributed by atoms with Gasteiger partial charge < -0.3 is 15.4 Å². The van der Waals surface area contributed by atoms with Crippen LogP contribution in [0.15, 0.2) is 78.9 Å². The zero-order chi connectivity index (χ0) is 23.4. The molecular weight excluding hydrogens is 412 g/mol. The number of amides is 1. The highest BCUT2D eigenvalue weighted by molar-refractivity contribution is 6.09. The number of anilines is 1. The van der Waals surface area contributed by atoms with Crippen LogP contribution in [0.1, 0.15) is 40.9 Å². The number of benzene rings is 3. The summed E-state index contributed by atoms with van der Waals surface area (Å²) in [4.78, 5) is 25.3. The molecule has 0 bridgehead atoms. The summed E-state index contributed by atoms with van der Waals surface area (Å²) in [6.45, 7) is 4.23. The first-order valence-corrected chi connectivity index (χ1v) is 11.0. The van der Waals surface area contributed by atoms with Crippen LogP contribution in [0.3, 0.4) is 0 Å². The quantitative estimate of drug-likeness (QED) is 0.417. The van der Waals surface area contributed by atoms with Gasteiger partial charge in [-0.2, -0.15) is 0 Å². The van der Waals surface area contributed by atoms with Crippen LogP contribution in [0.2, 0.25) is 0 Å². The minimum absolute atomic E-state index is 0.0958. The third-order valence-electron chi connectivity index (χ3n) is 5.65. The molecule has 1 aliphatic rings. The van der Waals surface area contributed by atoms with Gasteiger partial charge in [0.1, 0.15) is 5.75 Å². The number of nitrogens with one attached hydrogen (secondary N) is 2. The van der Waals surface area contributed by atoms with Crippen LogP contribution in [0, 0.1) is 0 Å². The van der Waals surface area contributed by atoms with E-state index < -0.39 is 0 Å².